The highest BCUT2D eigenvalue weighted by Gasteiger charge is 2.14. The number of H-pyrrole nitrogens is 1. The summed E-state index contributed by atoms with van der Waals surface area (Å²) in [5.41, 5.74) is 0.521. The predicted molar refractivity (Wildman–Crippen MR) is 53.8 cm³/mol. The van der Waals surface area contributed by atoms with Crippen molar-refractivity contribution in [3.63, 3.8) is 0 Å². The number of aliphatic hydroxyl groups is 1. The van der Waals surface area contributed by atoms with Crippen LogP contribution >= 0.6 is 23.8 Å². The fourth-order valence-electron chi connectivity index (χ4n) is 1.09. The molecule has 1 aromatic heterocycles. The largest absolute Gasteiger partial charge is 0.493 e. The van der Waals surface area contributed by atoms with E-state index in [1.54, 1.807) is 6.92 Å². The van der Waals surface area contributed by atoms with E-state index < -0.39 is 6.10 Å². The number of halogens is 1. The fraction of sp³-hybridized carbons (Fsp3) is 0.375. The molecular formula is C8H10ClNO2S. The number of ether oxygens (including phenoxy) is 1. The van der Waals surface area contributed by atoms with E-state index in [0.29, 0.717) is 21.0 Å². The lowest BCUT2D eigenvalue weighted by Crippen LogP contribution is -1.99. The molecule has 0 saturated carbocycles. The molecule has 0 amide bonds. The zero-order valence-electron chi connectivity index (χ0n) is 7.30. The summed E-state index contributed by atoms with van der Waals surface area (Å²) in [6.07, 6.45) is 0.841. The van der Waals surface area contributed by atoms with Gasteiger partial charge in [-0.25, -0.2) is 0 Å². The highest BCUT2D eigenvalue weighted by Crippen LogP contribution is 2.31. The minimum atomic E-state index is -0.696. The van der Waals surface area contributed by atoms with Gasteiger partial charge in [0, 0.05) is 11.8 Å². The van der Waals surface area contributed by atoms with Crippen molar-refractivity contribution in [2.45, 2.75) is 13.0 Å². The van der Waals surface area contributed by atoms with Gasteiger partial charge in [0.2, 0.25) is 0 Å². The van der Waals surface area contributed by atoms with Crippen LogP contribution in [0.15, 0.2) is 6.20 Å². The Kier molecular flexibility index (Phi) is 3.30. The van der Waals surface area contributed by atoms with E-state index in [-0.39, 0.29) is 0 Å². The van der Waals surface area contributed by atoms with Gasteiger partial charge in [-0.3, -0.25) is 0 Å². The van der Waals surface area contributed by atoms with Crippen LogP contribution in [0.3, 0.4) is 0 Å². The van der Waals surface area contributed by atoms with Crippen molar-refractivity contribution in [3.8, 4) is 5.75 Å². The minimum absolute atomic E-state index is 0.417. The molecule has 72 valence electrons. The molecule has 0 spiro atoms. The maximum Gasteiger partial charge on any atom is 0.160 e. The first kappa shape index (κ1) is 10.5. The Morgan fingerprint density at radius 1 is 1.69 bits per heavy atom. The van der Waals surface area contributed by atoms with Crippen LogP contribution in [0.25, 0.3) is 0 Å². The third-order valence-electron chi connectivity index (χ3n) is 1.66. The van der Waals surface area contributed by atoms with Gasteiger partial charge in [0.15, 0.2) is 5.75 Å². The summed E-state index contributed by atoms with van der Waals surface area (Å²) >= 11 is 10.8. The lowest BCUT2D eigenvalue weighted by atomic mass is 10.1. The molecule has 1 aromatic rings. The van der Waals surface area contributed by atoms with Crippen molar-refractivity contribution in [2.75, 3.05) is 7.11 Å². The maximum atomic E-state index is 9.42. The summed E-state index contributed by atoms with van der Waals surface area (Å²) in [6.45, 7) is 1.61. The van der Waals surface area contributed by atoms with Crippen molar-refractivity contribution in [3.05, 3.63) is 21.4 Å². The van der Waals surface area contributed by atoms with Gasteiger partial charge >= 0.3 is 0 Å². The first-order valence-electron chi connectivity index (χ1n) is 3.71. The predicted octanol–water partition coefficient (Wildman–Crippen LogP) is 2.46. The third-order valence-corrected chi connectivity index (χ3v) is 2.28. The average Bonchev–Trinajstić information content (AvgIpc) is 2.07. The third kappa shape index (κ3) is 2.02. The molecule has 0 aromatic carbocycles. The summed E-state index contributed by atoms with van der Waals surface area (Å²) in [5.74, 6) is 0.428. The van der Waals surface area contributed by atoms with E-state index in [0.717, 1.165) is 0 Å². The van der Waals surface area contributed by atoms with Crippen molar-refractivity contribution < 1.29 is 9.84 Å². The smallest absolute Gasteiger partial charge is 0.160 e. The van der Waals surface area contributed by atoms with E-state index in [1.165, 1.54) is 13.3 Å². The second-order valence-electron chi connectivity index (χ2n) is 2.59. The Balaban J connectivity index is 3.44. The summed E-state index contributed by atoms with van der Waals surface area (Å²) in [4.78, 5) is 2.76. The lowest BCUT2D eigenvalue weighted by molar-refractivity contribution is 0.194. The summed E-state index contributed by atoms with van der Waals surface area (Å²) in [7, 11) is 1.49. The van der Waals surface area contributed by atoms with E-state index >= 15 is 0 Å². The molecule has 0 aliphatic carbocycles. The molecule has 1 atom stereocenters. The van der Waals surface area contributed by atoms with Gasteiger partial charge in [-0.1, -0.05) is 23.8 Å². The van der Waals surface area contributed by atoms with Crippen LogP contribution in [-0.2, 0) is 0 Å². The summed E-state index contributed by atoms with van der Waals surface area (Å²) in [5, 5.41) is 9.83. The Bertz CT molecular complexity index is 362. The minimum Gasteiger partial charge on any atom is -0.493 e. The zero-order chi connectivity index (χ0) is 10.0. The van der Waals surface area contributed by atoms with Crippen molar-refractivity contribution in [1.82, 2.24) is 4.98 Å². The SMILES string of the molecule is COc1c(C(C)O)c(Cl)c[nH]c1=S. The molecule has 13 heavy (non-hydrogen) atoms. The molecule has 1 heterocycles. The van der Waals surface area contributed by atoms with Gasteiger partial charge in [0.1, 0.15) is 4.64 Å². The summed E-state index contributed by atoms with van der Waals surface area (Å²) < 4.78 is 5.47. The Labute approximate surface area is 86.3 Å². The molecule has 5 heteroatoms. The number of hydrogen-bond donors (Lipinski definition) is 2. The number of aromatic amines is 1. The first-order valence-corrected chi connectivity index (χ1v) is 4.49. The topological polar surface area (TPSA) is 45.2 Å². The molecule has 3 nitrogen and oxygen atoms in total. The van der Waals surface area contributed by atoms with Crippen molar-refractivity contribution in [2.24, 2.45) is 0 Å². The Morgan fingerprint density at radius 2 is 2.31 bits per heavy atom. The van der Waals surface area contributed by atoms with E-state index in [2.05, 4.69) is 4.98 Å². The quantitative estimate of drug-likeness (QED) is 0.752. The molecule has 0 aliphatic heterocycles. The Morgan fingerprint density at radius 3 is 2.69 bits per heavy atom. The highest BCUT2D eigenvalue weighted by atomic mass is 35.5. The zero-order valence-corrected chi connectivity index (χ0v) is 8.87. The number of hydrogen-bond acceptors (Lipinski definition) is 3. The molecule has 0 aliphatic rings. The van der Waals surface area contributed by atoms with Crippen molar-refractivity contribution >= 4 is 23.8 Å². The number of methoxy groups -OCH3 is 1. The molecule has 1 unspecified atom stereocenters. The standard InChI is InChI=1S/C8H10ClNO2S/c1-4(11)6-5(9)3-10-8(13)7(6)12-2/h3-4,11H,1-2H3,(H,10,13). The highest BCUT2D eigenvalue weighted by molar-refractivity contribution is 7.71. The van der Waals surface area contributed by atoms with Gasteiger partial charge in [-0.2, -0.15) is 0 Å². The second-order valence-corrected chi connectivity index (χ2v) is 3.40. The van der Waals surface area contributed by atoms with Crippen LogP contribution in [0.1, 0.15) is 18.6 Å². The van der Waals surface area contributed by atoms with Gasteiger partial charge in [0.25, 0.3) is 0 Å². The molecule has 2 N–H and O–H groups in total. The molecule has 0 saturated heterocycles. The monoisotopic (exact) mass is 219 g/mol. The molecule has 0 radical (unpaired) electrons. The molecule has 0 bridgehead atoms. The van der Waals surface area contributed by atoms with Crippen LogP contribution in [-0.4, -0.2) is 17.2 Å². The van der Waals surface area contributed by atoms with Gasteiger partial charge in [-0.15, -0.1) is 0 Å². The van der Waals surface area contributed by atoms with Crippen molar-refractivity contribution in [1.29, 1.82) is 0 Å². The second kappa shape index (κ2) is 4.09. The fourth-order valence-corrected chi connectivity index (χ4v) is 1.65. The molecular weight excluding hydrogens is 210 g/mol. The van der Waals surface area contributed by atoms with Crippen LogP contribution < -0.4 is 4.74 Å². The number of aromatic nitrogens is 1. The van der Waals surface area contributed by atoms with Gasteiger partial charge in [-0.05, 0) is 6.92 Å². The first-order chi connectivity index (χ1) is 6.07. The molecule has 0 fully saturated rings. The Hall–Kier alpha value is -0.580. The van der Waals surface area contributed by atoms with Gasteiger partial charge in [0.05, 0.1) is 18.2 Å². The van der Waals surface area contributed by atoms with Crippen LogP contribution in [0, 0.1) is 4.64 Å². The summed E-state index contributed by atoms with van der Waals surface area (Å²) in [6, 6.07) is 0. The van der Waals surface area contributed by atoms with Crippen LogP contribution in [0.5, 0.6) is 5.75 Å². The van der Waals surface area contributed by atoms with E-state index in [9.17, 15) is 5.11 Å². The lowest BCUT2D eigenvalue weighted by Gasteiger charge is -2.12. The number of nitrogens with one attached hydrogen (secondary N) is 1. The maximum absolute atomic E-state index is 9.42. The van der Waals surface area contributed by atoms with Gasteiger partial charge < -0.3 is 14.8 Å². The van der Waals surface area contributed by atoms with Crippen LogP contribution in [0.2, 0.25) is 5.02 Å². The number of rotatable bonds is 2. The van der Waals surface area contributed by atoms with E-state index in [4.69, 9.17) is 28.6 Å². The van der Waals surface area contributed by atoms with Crippen LogP contribution in [0.4, 0.5) is 0 Å². The van der Waals surface area contributed by atoms with E-state index in [1.807, 2.05) is 0 Å². The molecule has 1 rings (SSSR count). The average molecular weight is 220 g/mol. The number of aliphatic hydroxyl groups excluding tert-OH is 1. The normalized spacial score (nSPS) is 12.6. The number of pyridine rings is 1.